The van der Waals surface area contributed by atoms with Crippen LogP contribution in [0.5, 0.6) is 0 Å². The molecule has 5 aliphatic heterocycles. The minimum atomic E-state index is -0.365. The molecule has 2 aromatic heterocycles. The molecule has 5 saturated heterocycles. The number of amides is 5. The van der Waals surface area contributed by atoms with Gasteiger partial charge in [0, 0.05) is 109 Å². The molecule has 4 aromatic rings. The second-order valence-electron chi connectivity index (χ2n) is 15.9. The number of nitrogens with one attached hydrogen (secondary N) is 3. The molecule has 5 aliphatic rings. The third kappa shape index (κ3) is 7.72. The Labute approximate surface area is 331 Å². The van der Waals surface area contributed by atoms with Gasteiger partial charge in [0.25, 0.3) is 0 Å². The maximum Gasteiger partial charge on any atom is 0.328 e. The molecule has 0 saturated carbocycles. The third-order valence-electron chi connectivity index (χ3n) is 12.3. The predicted molar refractivity (Wildman–Crippen MR) is 217 cm³/mol. The summed E-state index contributed by atoms with van der Waals surface area (Å²) in [6.45, 7) is 9.60. The van der Waals surface area contributed by atoms with Gasteiger partial charge in [0.15, 0.2) is 11.5 Å². The summed E-state index contributed by atoms with van der Waals surface area (Å²) in [5, 5.41) is 5.72. The lowest BCUT2D eigenvalue weighted by atomic mass is 9.95. The molecule has 0 aliphatic carbocycles. The summed E-state index contributed by atoms with van der Waals surface area (Å²) >= 11 is 0. The van der Waals surface area contributed by atoms with E-state index >= 15 is 4.39 Å². The molecule has 0 radical (unpaired) electrons. The Bertz CT molecular complexity index is 2120. The Morgan fingerprint density at radius 3 is 2.35 bits per heavy atom. The Morgan fingerprint density at radius 1 is 0.825 bits per heavy atom. The summed E-state index contributed by atoms with van der Waals surface area (Å²) in [7, 11) is 1.84. The number of imide groups is 1. The molecular formula is C40H50FN13O3. The molecule has 5 amide bonds. The van der Waals surface area contributed by atoms with Gasteiger partial charge in [0.1, 0.15) is 11.3 Å². The number of aromatic nitrogens is 4. The third-order valence-corrected chi connectivity index (χ3v) is 12.3. The Balaban J connectivity index is 0.769. The van der Waals surface area contributed by atoms with Crippen molar-refractivity contribution in [1.29, 1.82) is 0 Å². The smallest absolute Gasteiger partial charge is 0.328 e. The maximum atomic E-state index is 15.8. The number of piperazine rings is 1. The fraction of sp³-hybridized carbons (Fsp3) is 0.500. The lowest BCUT2D eigenvalue weighted by Gasteiger charge is -2.40. The highest BCUT2D eigenvalue weighted by Gasteiger charge is 2.35. The van der Waals surface area contributed by atoms with E-state index in [0.717, 1.165) is 103 Å². The number of imidazole rings is 1. The molecule has 0 bridgehead atoms. The van der Waals surface area contributed by atoms with Crippen LogP contribution in [0.25, 0.3) is 11.2 Å². The fourth-order valence-electron chi connectivity index (χ4n) is 8.99. The van der Waals surface area contributed by atoms with Crippen molar-refractivity contribution in [2.24, 2.45) is 5.92 Å². The SMILES string of the molecule is CN1CCN([C@@H]2CCCN(c3nc(Nc4ccc(N5CCN(CC6CCN(c7ccc(N8CCC(=O)NC8=O)cc7)CC6)CC5)c(F)c4)c4[nH]cnc4n3)C2)C1=O. The van der Waals surface area contributed by atoms with Crippen molar-refractivity contribution in [1.82, 2.24) is 40.0 Å². The zero-order valence-electron chi connectivity index (χ0n) is 32.4. The van der Waals surface area contributed by atoms with Crippen LogP contribution in [0.4, 0.5) is 48.5 Å². The number of nitrogens with zero attached hydrogens (tertiary/aromatic N) is 10. The van der Waals surface area contributed by atoms with E-state index in [2.05, 4.69) is 52.3 Å². The number of piperidine rings is 2. The summed E-state index contributed by atoms with van der Waals surface area (Å²) in [6.07, 6.45) is 5.98. The van der Waals surface area contributed by atoms with Crippen molar-refractivity contribution in [3.63, 3.8) is 0 Å². The second kappa shape index (κ2) is 15.7. The number of halogens is 1. The molecule has 2 aromatic carbocycles. The quantitative estimate of drug-likeness (QED) is 0.226. The highest BCUT2D eigenvalue weighted by Crippen LogP contribution is 2.31. The first-order chi connectivity index (χ1) is 27.8. The zero-order valence-corrected chi connectivity index (χ0v) is 32.4. The summed E-state index contributed by atoms with van der Waals surface area (Å²) < 4.78 is 15.8. The molecule has 1 atom stereocenters. The van der Waals surface area contributed by atoms with Crippen LogP contribution in [0.3, 0.4) is 0 Å². The largest absolute Gasteiger partial charge is 0.372 e. The van der Waals surface area contributed by atoms with E-state index in [0.29, 0.717) is 59.7 Å². The van der Waals surface area contributed by atoms with E-state index in [1.807, 2.05) is 36.2 Å². The van der Waals surface area contributed by atoms with E-state index in [-0.39, 0.29) is 29.8 Å². The summed E-state index contributed by atoms with van der Waals surface area (Å²) in [5.74, 6) is 1.17. The van der Waals surface area contributed by atoms with Gasteiger partial charge in [0.05, 0.1) is 18.1 Å². The number of carbonyl (C=O) groups excluding carboxylic acids is 3. The first-order valence-electron chi connectivity index (χ1n) is 20.2. The average Bonchev–Trinajstić information content (AvgIpc) is 3.85. The predicted octanol–water partition coefficient (Wildman–Crippen LogP) is 4.06. The van der Waals surface area contributed by atoms with Gasteiger partial charge in [-0.2, -0.15) is 9.97 Å². The molecule has 3 N–H and O–H groups in total. The molecule has 7 heterocycles. The number of hydrogen-bond donors (Lipinski definition) is 3. The number of aromatic amines is 1. The number of H-pyrrole nitrogens is 1. The normalized spacial score (nSPS) is 21.6. The Morgan fingerprint density at radius 2 is 1.61 bits per heavy atom. The first-order valence-corrected chi connectivity index (χ1v) is 20.2. The van der Waals surface area contributed by atoms with Gasteiger partial charge in [-0.05, 0) is 74.1 Å². The lowest BCUT2D eigenvalue weighted by molar-refractivity contribution is -0.120. The van der Waals surface area contributed by atoms with Crippen LogP contribution in [-0.4, -0.2) is 144 Å². The first kappa shape index (κ1) is 36.9. The highest BCUT2D eigenvalue weighted by molar-refractivity contribution is 6.05. The number of benzene rings is 2. The van der Waals surface area contributed by atoms with Gasteiger partial charge >= 0.3 is 12.1 Å². The molecule has 0 spiro atoms. The van der Waals surface area contributed by atoms with Crippen LogP contribution in [0.2, 0.25) is 0 Å². The van der Waals surface area contributed by atoms with E-state index in [1.165, 1.54) is 6.07 Å². The lowest BCUT2D eigenvalue weighted by Crippen LogP contribution is -2.49. The van der Waals surface area contributed by atoms with Gasteiger partial charge in [-0.15, -0.1) is 0 Å². The average molecular weight is 780 g/mol. The van der Waals surface area contributed by atoms with Crippen LogP contribution >= 0.6 is 0 Å². The summed E-state index contributed by atoms with van der Waals surface area (Å²) in [4.78, 5) is 68.1. The van der Waals surface area contributed by atoms with Crippen molar-refractivity contribution in [2.45, 2.75) is 38.1 Å². The number of hydrogen-bond acceptors (Lipinski definition) is 11. The minimum absolute atomic E-state index is 0.0715. The van der Waals surface area contributed by atoms with Crippen molar-refractivity contribution in [3.05, 3.63) is 54.6 Å². The highest BCUT2D eigenvalue weighted by atomic mass is 19.1. The van der Waals surface area contributed by atoms with Gasteiger partial charge in [-0.3, -0.25) is 19.9 Å². The number of fused-ring (bicyclic) bond motifs is 1. The number of rotatable bonds is 9. The van der Waals surface area contributed by atoms with Crippen LogP contribution in [0.1, 0.15) is 32.1 Å². The van der Waals surface area contributed by atoms with Crippen molar-refractivity contribution < 1.29 is 18.8 Å². The van der Waals surface area contributed by atoms with Crippen LogP contribution in [-0.2, 0) is 4.79 Å². The number of likely N-dealkylation sites (N-methyl/N-ethyl adjacent to an activating group) is 1. The Kier molecular flexibility index (Phi) is 10.1. The fourth-order valence-corrected chi connectivity index (χ4v) is 8.99. The molecule has 57 heavy (non-hydrogen) atoms. The Hall–Kier alpha value is -5.71. The topological polar surface area (TPSA) is 152 Å². The maximum absolute atomic E-state index is 15.8. The molecule has 17 heteroatoms. The summed E-state index contributed by atoms with van der Waals surface area (Å²) in [6, 6.07) is 13.1. The van der Waals surface area contributed by atoms with E-state index in [4.69, 9.17) is 9.97 Å². The van der Waals surface area contributed by atoms with Gasteiger partial charge < -0.3 is 34.8 Å². The van der Waals surface area contributed by atoms with Crippen molar-refractivity contribution in [2.75, 3.05) is 111 Å². The van der Waals surface area contributed by atoms with Gasteiger partial charge in [-0.1, -0.05) is 0 Å². The number of anilines is 6. The van der Waals surface area contributed by atoms with Crippen LogP contribution in [0.15, 0.2) is 48.8 Å². The van der Waals surface area contributed by atoms with Gasteiger partial charge in [0.2, 0.25) is 11.9 Å². The molecular weight excluding hydrogens is 730 g/mol. The van der Waals surface area contributed by atoms with Crippen LogP contribution < -0.4 is 30.2 Å². The molecule has 0 unspecified atom stereocenters. The monoisotopic (exact) mass is 779 g/mol. The zero-order chi connectivity index (χ0) is 39.0. The van der Waals surface area contributed by atoms with Crippen molar-refractivity contribution >= 4 is 63.6 Å². The van der Waals surface area contributed by atoms with E-state index in [1.54, 1.807) is 16.1 Å². The standard InChI is InChI=1S/C40H50FN13O3/c1-48-17-22-54(40(48)57)31-3-2-13-52(25-31)38-46-36-35(42-26-43-36)37(47-38)44-28-4-9-33(32(41)23-28)51-20-18-49(19-21-51)24-27-10-14-50(15-11-27)29-5-7-30(8-6-29)53-16-12-34(55)45-39(53)56/h4-9,23,26-27,31H,2-3,10-22,24-25H2,1H3,(H,45,55,56)(H2,42,43,44,46,47)/t31-/m1/s1. The molecule has 16 nitrogen and oxygen atoms in total. The number of carbonyl (C=O) groups is 3. The van der Waals surface area contributed by atoms with Gasteiger partial charge in [-0.25, -0.2) is 19.0 Å². The van der Waals surface area contributed by atoms with Crippen molar-refractivity contribution in [3.8, 4) is 0 Å². The second-order valence-corrected chi connectivity index (χ2v) is 15.9. The minimum Gasteiger partial charge on any atom is -0.372 e. The van der Waals surface area contributed by atoms with E-state index < -0.39 is 0 Å². The molecule has 5 fully saturated rings. The van der Waals surface area contributed by atoms with E-state index in [9.17, 15) is 14.4 Å². The summed E-state index contributed by atoms with van der Waals surface area (Å²) in [5.41, 5.74) is 4.31. The molecule has 9 rings (SSSR count). The molecule has 300 valence electrons. The number of urea groups is 2. The van der Waals surface area contributed by atoms with Crippen LogP contribution in [0, 0.1) is 11.7 Å².